The number of benzene rings is 2. The van der Waals surface area contributed by atoms with E-state index in [1.807, 2.05) is 12.1 Å². The standard InChI is InChI=1S/C21H25NO2.ClH/c23-21(24)19-11-13-20(14-12-19)22(15-17-7-3-1-4-8-17)16-18-9-5-2-6-10-18;/h1-10,19-20H,11-16H2,(H,23,24);1H/t19-,20-;. The minimum absolute atomic E-state index is 0. The lowest BCUT2D eigenvalue weighted by molar-refractivity contribution is -0.143. The average Bonchev–Trinajstić information content (AvgIpc) is 2.63. The van der Waals surface area contributed by atoms with Gasteiger partial charge in [0.25, 0.3) is 0 Å². The lowest BCUT2D eigenvalue weighted by Gasteiger charge is -2.36. The van der Waals surface area contributed by atoms with Crippen LogP contribution in [0.1, 0.15) is 36.8 Å². The summed E-state index contributed by atoms with van der Waals surface area (Å²) in [6, 6.07) is 21.5. The molecular formula is C21H26ClNO2. The number of carboxylic acids is 1. The van der Waals surface area contributed by atoms with Gasteiger partial charge in [-0.05, 0) is 36.8 Å². The zero-order chi connectivity index (χ0) is 16.8. The van der Waals surface area contributed by atoms with Gasteiger partial charge in [-0.1, -0.05) is 60.7 Å². The van der Waals surface area contributed by atoms with Crippen molar-refractivity contribution in [3.05, 3.63) is 71.8 Å². The Morgan fingerprint density at radius 2 is 1.28 bits per heavy atom. The number of hydrogen-bond acceptors (Lipinski definition) is 2. The van der Waals surface area contributed by atoms with Gasteiger partial charge in [0.1, 0.15) is 0 Å². The van der Waals surface area contributed by atoms with Crippen LogP contribution in [0, 0.1) is 5.92 Å². The Kier molecular flexibility index (Phi) is 7.48. The third-order valence-corrected chi connectivity index (χ3v) is 5.02. The molecule has 0 radical (unpaired) electrons. The van der Waals surface area contributed by atoms with Gasteiger partial charge in [0, 0.05) is 19.1 Å². The minimum atomic E-state index is -0.633. The largest absolute Gasteiger partial charge is 0.481 e. The third-order valence-electron chi connectivity index (χ3n) is 5.02. The number of aliphatic carboxylic acids is 1. The van der Waals surface area contributed by atoms with Gasteiger partial charge in [-0.25, -0.2) is 0 Å². The van der Waals surface area contributed by atoms with Crippen molar-refractivity contribution >= 4 is 18.4 Å². The molecule has 25 heavy (non-hydrogen) atoms. The first-order valence-corrected chi connectivity index (χ1v) is 8.77. The number of carbonyl (C=O) groups is 1. The topological polar surface area (TPSA) is 40.5 Å². The summed E-state index contributed by atoms with van der Waals surface area (Å²) in [6.07, 6.45) is 3.52. The first-order chi connectivity index (χ1) is 11.7. The van der Waals surface area contributed by atoms with Crippen LogP contribution in [-0.4, -0.2) is 22.0 Å². The molecule has 0 atom stereocenters. The van der Waals surface area contributed by atoms with Crippen molar-refractivity contribution in [2.75, 3.05) is 0 Å². The normalized spacial score (nSPS) is 20.0. The van der Waals surface area contributed by atoms with E-state index < -0.39 is 5.97 Å². The monoisotopic (exact) mass is 359 g/mol. The summed E-state index contributed by atoms with van der Waals surface area (Å²) in [6.45, 7) is 1.83. The molecule has 3 nitrogen and oxygen atoms in total. The second-order valence-corrected chi connectivity index (χ2v) is 6.72. The molecule has 4 heteroatoms. The maximum Gasteiger partial charge on any atom is 0.306 e. The zero-order valence-corrected chi connectivity index (χ0v) is 15.2. The average molecular weight is 360 g/mol. The molecule has 0 bridgehead atoms. The van der Waals surface area contributed by atoms with Crippen molar-refractivity contribution in [2.45, 2.75) is 44.8 Å². The smallest absolute Gasteiger partial charge is 0.306 e. The molecular weight excluding hydrogens is 334 g/mol. The van der Waals surface area contributed by atoms with Gasteiger partial charge in [-0.15, -0.1) is 12.4 Å². The molecule has 3 rings (SSSR count). The molecule has 1 fully saturated rings. The molecule has 1 saturated carbocycles. The highest BCUT2D eigenvalue weighted by molar-refractivity contribution is 5.85. The Hall–Kier alpha value is -1.84. The van der Waals surface area contributed by atoms with Gasteiger partial charge in [0.15, 0.2) is 0 Å². The molecule has 1 aliphatic carbocycles. The minimum Gasteiger partial charge on any atom is -0.481 e. The van der Waals surface area contributed by atoms with E-state index in [1.165, 1.54) is 11.1 Å². The molecule has 0 saturated heterocycles. The van der Waals surface area contributed by atoms with Crippen LogP contribution in [-0.2, 0) is 17.9 Å². The van der Waals surface area contributed by atoms with E-state index in [0.717, 1.165) is 38.8 Å². The molecule has 1 aliphatic rings. The van der Waals surface area contributed by atoms with Crippen LogP contribution in [0.2, 0.25) is 0 Å². The van der Waals surface area contributed by atoms with Crippen LogP contribution in [0.25, 0.3) is 0 Å². The Balaban J connectivity index is 0.00000225. The zero-order valence-electron chi connectivity index (χ0n) is 14.4. The summed E-state index contributed by atoms with van der Waals surface area (Å²) in [5, 5.41) is 9.22. The van der Waals surface area contributed by atoms with Crippen LogP contribution in [0.4, 0.5) is 0 Å². The first kappa shape index (κ1) is 19.5. The number of hydrogen-bond donors (Lipinski definition) is 1. The first-order valence-electron chi connectivity index (χ1n) is 8.77. The molecule has 2 aromatic carbocycles. The second-order valence-electron chi connectivity index (χ2n) is 6.72. The van der Waals surface area contributed by atoms with Gasteiger partial charge >= 0.3 is 5.97 Å². The van der Waals surface area contributed by atoms with Crippen LogP contribution in [0.3, 0.4) is 0 Å². The Morgan fingerprint density at radius 1 is 0.840 bits per heavy atom. The lowest BCUT2D eigenvalue weighted by atomic mass is 9.85. The van der Waals surface area contributed by atoms with Crippen LogP contribution in [0.15, 0.2) is 60.7 Å². The molecule has 0 aliphatic heterocycles. The summed E-state index contributed by atoms with van der Waals surface area (Å²) >= 11 is 0. The SMILES string of the molecule is Cl.O=C(O)[C@H]1CC[C@H](N(Cc2ccccc2)Cc2ccccc2)CC1. The van der Waals surface area contributed by atoms with Gasteiger partial charge in [0.2, 0.25) is 0 Å². The second kappa shape index (κ2) is 9.59. The van der Waals surface area contributed by atoms with E-state index >= 15 is 0 Å². The quantitative estimate of drug-likeness (QED) is 0.808. The van der Waals surface area contributed by atoms with Crippen molar-refractivity contribution in [3.8, 4) is 0 Å². The molecule has 0 unspecified atom stereocenters. The van der Waals surface area contributed by atoms with E-state index in [0.29, 0.717) is 6.04 Å². The summed E-state index contributed by atoms with van der Waals surface area (Å²) in [5.74, 6) is -0.789. The van der Waals surface area contributed by atoms with Crippen molar-refractivity contribution in [2.24, 2.45) is 5.92 Å². The fraction of sp³-hybridized carbons (Fsp3) is 0.381. The van der Waals surface area contributed by atoms with Gasteiger partial charge in [0.05, 0.1) is 5.92 Å². The predicted molar refractivity (Wildman–Crippen MR) is 103 cm³/mol. The molecule has 1 N–H and O–H groups in total. The van der Waals surface area contributed by atoms with Crippen LogP contribution >= 0.6 is 12.4 Å². The summed E-state index contributed by atoms with van der Waals surface area (Å²) < 4.78 is 0. The van der Waals surface area contributed by atoms with Crippen LogP contribution < -0.4 is 0 Å². The Labute approximate surface area is 156 Å². The third kappa shape index (κ3) is 5.58. The lowest BCUT2D eigenvalue weighted by Crippen LogP contribution is -2.38. The fourth-order valence-electron chi connectivity index (χ4n) is 3.64. The maximum atomic E-state index is 11.2. The number of nitrogens with zero attached hydrogens (tertiary/aromatic N) is 1. The Bertz CT molecular complexity index is 598. The fourth-order valence-corrected chi connectivity index (χ4v) is 3.64. The van der Waals surface area contributed by atoms with E-state index in [9.17, 15) is 9.90 Å². The van der Waals surface area contributed by atoms with Gasteiger partial charge in [-0.2, -0.15) is 0 Å². The van der Waals surface area contributed by atoms with Gasteiger partial charge < -0.3 is 5.11 Å². The van der Waals surface area contributed by atoms with E-state index in [2.05, 4.69) is 53.4 Å². The highest BCUT2D eigenvalue weighted by Gasteiger charge is 2.29. The van der Waals surface area contributed by atoms with E-state index in [1.54, 1.807) is 0 Å². The van der Waals surface area contributed by atoms with E-state index in [-0.39, 0.29) is 18.3 Å². The molecule has 2 aromatic rings. The number of halogens is 1. The molecule has 0 heterocycles. The number of carboxylic acid groups (broad SMARTS) is 1. The molecule has 0 aromatic heterocycles. The van der Waals surface area contributed by atoms with Crippen molar-refractivity contribution in [3.63, 3.8) is 0 Å². The summed E-state index contributed by atoms with van der Waals surface area (Å²) in [7, 11) is 0. The van der Waals surface area contributed by atoms with Crippen molar-refractivity contribution in [1.29, 1.82) is 0 Å². The molecule has 134 valence electrons. The highest BCUT2D eigenvalue weighted by Crippen LogP contribution is 2.29. The molecule has 0 spiro atoms. The Morgan fingerprint density at radius 3 is 1.68 bits per heavy atom. The predicted octanol–water partition coefficient (Wildman–Crippen LogP) is 4.75. The van der Waals surface area contributed by atoms with Crippen molar-refractivity contribution in [1.82, 2.24) is 4.90 Å². The van der Waals surface area contributed by atoms with E-state index in [4.69, 9.17) is 0 Å². The summed E-state index contributed by atoms with van der Waals surface area (Å²) in [4.78, 5) is 13.7. The highest BCUT2D eigenvalue weighted by atomic mass is 35.5. The van der Waals surface area contributed by atoms with Crippen LogP contribution in [0.5, 0.6) is 0 Å². The maximum absolute atomic E-state index is 11.2. The summed E-state index contributed by atoms with van der Waals surface area (Å²) in [5.41, 5.74) is 2.63. The molecule has 0 amide bonds. The van der Waals surface area contributed by atoms with Gasteiger partial charge in [-0.3, -0.25) is 9.69 Å². The number of rotatable bonds is 6. The van der Waals surface area contributed by atoms with Crippen molar-refractivity contribution < 1.29 is 9.90 Å².